The van der Waals surface area contributed by atoms with Crippen molar-refractivity contribution in [1.29, 1.82) is 0 Å². The van der Waals surface area contributed by atoms with E-state index in [0.29, 0.717) is 17.7 Å². The first-order chi connectivity index (χ1) is 12.5. The SMILES string of the molecule is Cc1cccc(OCCNC(=O)CN2C(=O)c3ccc(C)cc3C2=O)c1. The van der Waals surface area contributed by atoms with Gasteiger partial charge in [-0.3, -0.25) is 19.3 Å². The molecule has 3 amide bonds. The van der Waals surface area contributed by atoms with Crippen LogP contribution in [0.3, 0.4) is 0 Å². The summed E-state index contributed by atoms with van der Waals surface area (Å²) < 4.78 is 5.55. The van der Waals surface area contributed by atoms with E-state index < -0.39 is 17.7 Å². The fraction of sp³-hybridized carbons (Fsp3) is 0.250. The van der Waals surface area contributed by atoms with Gasteiger partial charge in [0.15, 0.2) is 0 Å². The minimum atomic E-state index is -0.434. The number of rotatable bonds is 6. The topological polar surface area (TPSA) is 75.7 Å². The molecule has 26 heavy (non-hydrogen) atoms. The molecule has 1 N–H and O–H groups in total. The second kappa shape index (κ2) is 7.39. The quantitative estimate of drug-likeness (QED) is 0.638. The summed E-state index contributed by atoms with van der Waals surface area (Å²) in [6.07, 6.45) is 0. The molecule has 6 nitrogen and oxygen atoms in total. The number of hydrogen-bond acceptors (Lipinski definition) is 4. The van der Waals surface area contributed by atoms with Crippen LogP contribution in [0.25, 0.3) is 0 Å². The molecule has 6 heteroatoms. The predicted octanol–water partition coefficient (Wildman–Crippen LogP) is 2.09. The molecule has 0 fully saturated rings. The van der Waals surface area contributed by atoms with E-state index in [-0.39, 0.29) is 13.1 Å². The molecule has 3 rings (SSSR count). The Morgan fingerprint density at radius 1 is 1.00 bits per heavy atom. The Balaban J connectivity index is 1.49. The molecule has 2 aromatic rings. The summed E-state index contributed by atoms with van der Waals surface area (Å²) in [6.45, 7) is 4.11. The first kappa shape index (κ1) is 17.7. The van der Waals surface area contributed by atoms with Crippen LogP contribution in [0.1, 0.15) is 31.8 Å². The third-order valence-corrected chi connectivity index (χ3v) is 4.11. The second-order valence-electron chi connectivity index (χ2n) is 6.26. The minimum Gasteiger partial charge on any atom is -0.492 e. The zero-order valence-corrected chi connectivity index (χ0v) is 14.7. The highest BCUT2D eigenvalue weighted by molar-refractivity contribution is 6.22. The predicted molar refractivity (Wildman–Crippen MR) is 96.2 cm³/mol. The number of nitrogens with one attached hydrogen (secondary N) is 1. The monoisotopic (exact) mass is 352 g/mol. The van der Waals surface area contributed by atoms with Crippen LogP contribution in [-0.4, -0.2) is 42.3 Å². The lowest BCUT2D eigenvalue weighted by Crippen LogP contribution is -2.41. The summed E-state index contributed by atoms with van der Waals surface area (Å²) in [5.41, 5.74) is 2.68. The molecular weight excluding hydrogens is 332 g/mol. The molecule has 2 aromatic carbocycles. The Labute approximate surface area is 151 Å². The zero-order valence-electron chi connectivity index (χ0n) is 14.7. The fourth-order valence-corrected chi connectivity index (χ4v) is 2.81. The van der Waals surface area contributed by atoms with Crippen molar-refractivity contribution in [2.45, 2.75) is 13.8 Å². The summed E-state index contributed by atoms with van der Waals surface area (Å²) in [5, 5.41) is 2.66. The molecule has 0 saturated carbocycles. The zero-order chi connectivity index (χ0) is 18.7. The summed E-state index contributed by atoms with van der Waals surface area (Å²) in [6, 6.07) is 12.7. The van der Waals surface area contributed by atoms with Gasteiger partial charge in [-0.25, -0.2) is 0 Å². The Morgan fingerprint density at radius 3 is 2.50 bits per heavy atom. The van der Waals surface area contributed by atoms with Crippen LogP contribution in [0.4, 0.5) is 0 Å². The summed E-state index contributed by atoms with van der Waals surface area (Å²) >= 11 is 0. The maximum absolute atomic E-state index is 12.3. The smallest absolute Gasteiger partial charge is 0.262 e. The lowest BCUT2D eigenvalue weighted by atomic mass is 10.1. The average Bonchev–Trinajstić information content (AvgIpc) is 2.83. The number of benzene rings is 2. The number of aryl methyl sites for hydroxylation is 2. The molecule has 0 spiro atoms. The first-order valence-corrected chi connectivity index (χ1v) is 8.39. The standard InChI is InChI=1S/C20H20N2O4/c1-13-4-3-5-15(10-13)26-9-8-21-18(23)12-22-19(24)16-7-6-14(2)11-17(16)20(22)25/h3-7,10-11H,8-9,12H2,1-2H3,(H,21,23). The van der Waals surface area contributed by atoms with Crippen LogP contribution >= 0.6 is 0 Å². The van der Waals surface area contributed by atoms with Gasteiger partial charge in [0, 0.05) is 0 Å². The molecule has 0 aromatic heterocycles. The first-order valence-electron chi connectivity index (χ1n) is 8.39. The number of imide groups is 1. The Kier molecular flexibility index (Phi) is 5.02. The van der Waals surface area contributed by atoms with Crippen LogP contribution in [0, 0.1) is 13.8 Å². The summed E-state index contributed by atoms with van der Waals surface area (Å²) in [5.74, 6) is -0.532. The van der Waals surface area contributed by atoms with Crippen LogP contribution in [-0.2, 0) is 4.79 Å². The molecule has 1 heterocycles. The largest absolute Gasteiger partial charge is 0.492 e. The molecule has 0 bridgehead atoms. The Bertz CT molecular complexity index is 876. The third-order valence-electron chi connectivity index (χ3n) is 4.11. The van der Waals surface area contributed by atoms with E-state index in [2.05, 4.69) is 5.32 Å². The fourth-order valence-electron chi connectivity index (χ4n) is 2.81. The molecule has 134 valence electrons. The van der Waals surface area contributed by atoms with Crippen molar-refractivity contribution in [3.05, 3.63) is 64.7 Å². The van der Waals surface area contributed by atoms with Gasteiger partial charge >= 0.3 is 0 Å². The van der Waals surface area contributed by atoms with Gasteiger partial charge < -0.3 is 10.1 Å². The van der Waals surface area contributed by atoms with E-state index >= 15 is 0 Å². The number of carbonyl (C=O) groups is 3. The summed E-state index contributed by atoms with van der Waals surface area (Å²) in [4.78, 5) is 37.7. The van der Waals surface area contributed by atoms with Gasteiger partial charge in [-0.2, -0.15) is 0 Å². The van der Waals surface area contributed by atoms with Gasteiger partial charge in [-0.05, 0) is 43.7 Å². The number of ether oxygens (including phenoxy) is 1. The lowest BCUT2D eigenvalue weighted by molar-refractivity contribution is -0.121. The van der Waals surface area contributed by atoms with Gasteiger partial charge in [-0.1, -0.05) is 23.8 Å². The highest BCUT2D eigenvalue weighted by Gasteiger charge is 2.36. The van der Waals surface area contributed by atoms with E-state index in [4.69, 9.17) is 4.74 Å². The number of nitrogens with zero attached hydrogens (tertiary/aromatic N) is 1. The van der Waals surface area contributed by atoms with E-state index in [9.17, 15) is 14.4 Å². The molecule has 0 saturated heterocycles. The van der Waals surface area contributed by atoms with Crippen molar-refractivity contribution in [3.8, 4) is 5.75 Å². The normalized spacial score (nSPS) is 12.9. The Hall–Kier alpha value is -3.15. The summed E-state index contributed by atoms with van der Waals surface area (Å²) in [7, 11) is 0. The highest BCUT2D eigenvalue weighted by atomic mass is 16.5. The molecule has 1 aliphatic rings. The molecule has 0 aliphatic carbocycles. The van der Waals surface area contributed by atoms with Crippen molar-refractivity contribution in [2.75, 3.05) is 19.7 Å². The third kappa shape index (κ3) is 3.74. The van der Waals surface area contributed by atoms with Gasteiger partial charge in [0.25, 0.3) is 11.8 Å². The molecule has 0 atom stereocenters. The van der Waals surface area contributed by atoms with E-state index in [1.807, 2.05) is 38.1 Å². The maximum atomic E-state index is 12.3. The maximum Gasteiger partial charge on any atom is 0.262 e. The minimum absolute atomic E-state index is 0.287. The number of carbonyl (C=O) groups excluding carboxylic acids is 3. The van der Waals surface area contributed by atoms with E-state index in [1.54, 1.807) is 18.2 Å². The highest BCUT2D eigenvalue weighted by Crippen LogP contribution is 2.23. The van der Waals surface area contributed by atoms with Crippen LogP contribution in [0.2, 0.25) is 0 Å². The average molecular weight is 352 g/mol. The van der Waals surface area contributed by atoms with Crippen molar-refractivity contribution in [1.82, 2.24) is 10.2 Å². The second-order valence-corrected chi connectivity index (χ2v) is 6.26. The number of fused-ring (bicyclic) bond motifs is 1. The molecule has 0 unspecified atom stereocenters. The van der Waals surface area contributed by atoms with Crippen molar-refractivity contribution in [3.63, 3.8) is 0 Å². The molecule has 1 aliphatic heterocycles. The Morgan fingerprint density at radius 2 is 1.73 bits per heavy atom. The number of amides is 3. The van der Waals surface area contributed by atoms with Crippen molar-refractivity contribution >= 4 is 17.7 Å². The van der Waals surface area contributed by atoms with E-state index in [0.717, 1.165) is 21.8 Å². The van der Waals surface area contributed by atoms with Crippen molar-refractivity contribution in [2.24, 2.45) is 0 Å². The van der Waals surface area contributed by atoms with Crippen LogP contribution in [0.5, 0.6) is 5.75 Å². The lowest BCUT2D eigenvalue weighted by Gasteiger charge is -2.14. The van der Waals surface area contributed by atoms with Gasteiger partial charge in [0.2, 0.25) is 5.91 Å². The number of hydrogen-bond donors (Lipinski definition) is 1. The molecule has 0 radical (unpaired) electrons. The van der Waals surface area contributed by atoms with Gasteiger partial charge in [-0.15, -0.1) is 0 Å². The van der Waals surface area contributed by atoms with Gasteiger partial charge in [0.05, 0.1) is 17.7 Å². The molecular formula is C20H20N2O4. The van der Waals surface area contributed by atoms with Crippen LogP contribution in [0.15, 0.2) is 42.5 Å². The van der Waals surface area contributed by atoms with Crippen LogP contribution < -0.4 is 10.1 Å². The van der Waals surface area contributed by atoms with Crippen molar-refractivity contribution < 1.29 is 19.1 Å². The van der Waals surface area contributed by atoms with E-state index in [1.165, 1.54) is 0 Å². The van der Waals surface area contributed by atoms with Gasteiger partial charge in [0.1, 0.15) is 18.9 Å².